The Labute approximate surface area is 251 Å². The summed E-state index contributed by atoms with van der Waals surface area (Å²) in [5, 5.41) is 0. The van der Waals surface area contributed by atoms with Gasteiger partial charge in [0.25, 0.3) is 0 Å². The molecule has 0 fully saturated rings. The largest absolute Gasteiger partial charge is 0.460 e. The molecule has 0 saturated carbocycles. The van der Waals surface area contributed by atoms with Crippen LogP contribution in [0.25, 0.3) is 0 Å². The van der Waals surface area contributed by atoms with Gasteiger partial charge in [-0.2, -0.15) is 149 Å². The second kappa shape index (κ2) is 11.5. The van der Waals surface area contributed by atoms with E-state index in [-0.39, 0.29) is 4.74 Å². The summed E-state index contributed by atoms with van der Waals surface area (Å²) < 4.78 is 452. The minimum absolute atomic E-state index is 0.245. The molecule has 0 radical (unpaired) electrons. The zero-order valence-corrected chi connectivity index (χ0v) is 21.3. The normalized spacial score (nSPS) is 19.2. The minimum Gasteiger partial charge on any atom is -0.288 e. The van der Waals surface area contributed by atoms with E-state index >= 15 is 0 Å². The zero-order valence-electron chi connectivity index (χ0n) is 21.3. The van der Waals surface area contributed by atoms with Crippen molar-refractivity contribution in [3.05, 3.63) is 0 Å². The monoisotopic (exact) mass is 854 g/mol. The third-order valence-electron chi connectivity index (χ3n) is 5.69. The molecule has 0 heterocycles. The molecular weight excluding hydrogens is 854 g/mol. The average Bonchev–Trinajstić information content (AvgIpc) is 2.84. The molecule has 0 aliphatic carbocycles. The number of ether oxygens (including phenoxy) is 1. The highest BCUT2D eigenvalue weighted by Crippen LogP contribution is 2.69. The molecule has 51 heavy (non-hydrogen) atoms. The third-order valence-corrected chi connectivity index (χ3v) is 5.69. The summed E-state index contributed by atoms with van der Waals surface area (Å²) >= 11 is 0. The summed E-state index contributed by atoms with van der Waals surface area (Å²) in [5.74, 6) is -121. The van der Waals surface area contributed by atoms with E-state index in [1.165, 1.54) is 0 Å². The molecule has 0 aromatic heterocycles. The molecule has 0 spiro atoms. The van der Waals surface area contributed by atoms with Crippen molar-refractivity contribution in [2.24, 2.45) is 0 Å². The van der Waals surface area contributed by atoms with Crippen LogP contribution in [-0.2, 0) is 4.74 Å². The molecule has 35 heteroatoms. The van der Waals surface area contributed by atoms with Gasteiger partial charge in [0, 0.05) is 0 Å². The summed E-state index contributed by atoms with van der Waals surface area (Å²) in [5.41, 5.74) is 0. The van der Waals surface area contributed by atoms with Gasteiger partial charge in [-0.15, -0.1) is 0 Å². The van der Waals surface area contributed by atoms with Crippen LogP contribution in [-0.4, -0.2) is 95.6 Å². The highest BCUT2D eigenvalue weighted by molar-refractivity contribution is 5.19. The minimum atomic E-state index is -10.6. The summed E-state index contributed by atoms with van der Waals surface area (Å²) in [7, 11) is 0. The van der Waals surface area contributed by atoms with Crippen LogP contribution in [0.2, 0.25) is 0 Å². The highest BCUT2D eigenvalue weighted by atomic mass is 19.5. The topological polar surface area (TPSA) is 9.23 Å². The fourth-order valence-corrected chi connectivity index (χ4v) is 2.76. The van der Waals surface area contributed by atoms with E-state index in [4.69, 9.17) is 0 Å². The van der Waals surface area contributed by atoms with Gasteiger partial charge in [-0.3, -0.25) is 4.74 Å². The number of hydrogen-bond donors (Lipinski definition) is 0. The Balaban J connectivity index is 8.89. The molecule has 1 nitrogen and oxygen atoms in total. The molecule has 0 aromatic carbocycles. The van der Waals surface area contributed by atoms with E-state index < -0.39 is 95.6 Å². The lowest BCUT2D eigenvalue weighted by Crippen LogP contribution is -2.81. The summed E-state index contributed by atoms with van der Waals surface area (Å²) in [4.78, 5) is 0. The van der Waals surface area contributed by atoms with Crippen molar-refractivity contribution < 1.29 is 154 Å². The first-order valence-corrected chi connectivity index (χ1v) is 10.3. The van der Waals surface area contributed by atoms with Gasteiger partial charge in [0.05, 0.1) is 0 Å². The van der Waals surface area contributed by atoms with E-state index in [2.05, 4.69) is 0 Å². The molecule has 0 bridgehead atoms. The number of halogens is 34. The maximum absolute atomic E-state index is 14.8. The van der Waals surface area contributed by atoms with Crippen LogP contribution in [0.15, 0.2) is 0 Å². The van der Waals surface area contributed by atoms with Crippen molar-refractivity contribution in [2.75, 3.05) is 0 Å². The van der Waals surface area contributed by atoms with Crippen molar-refractivity contribution in [3.8, 4) is 0 Å². The highest BCUT2D eigenvalue weighted by Gasteiger charge is 3.01. The van der Waals surface area contributed by atoms with E-state index in [0.717, 1.165) is 0 Å². The fourth-order valence-electron chi connectivity index (χ4n) is 2.76. The van der Waals surface area contributed by atoms with Crippen LogP contribution >= 0.6 is 0 Å². The lowest BCUT2D eigenvalue weighted by molar-refractivity contribution is -0.551. The summed E-state index contributed by atoms with van der Waals surface area (Å²) in [6.07, 6.45) is -35.8. The van der Waals surface area contributed by atoms with Crippen molar-refractivity contribution in [2.45, 2.75) is 95.6 Å². The first-order chi connectivity index (χ1) is 21.2. The van der Waals surface area contributed by atoms with Gasteiger partial charge in [0.1, 0.15) is 0 Å². The van der Waals surface area contributed by atoms with Gasteiger partial charge >= 0.3 is 95.6 Å². The molecule has 0 aliphatic rings. The molecular formula is C16F34O. The van der Waals surface area contributed by atoms with Crippen LogP contribution in [0.5, 0.6) is 0 Å². The Morgan fingerprint density at radius 3 is 0.431 bits per heavy atom. The molecule has 0 saturated heterocycles. The predicted octanol–water partition coefficient (Wildman–Crippen LogP) is 10.9. The van der Waals surface area contributed by atoms with Crippen molar-refractivity contribution in [3.63, 3.8) is 0 Å². The van der Waals surface area contributed by atoms with Crippen LogP contribution in [0.1, 0.15) is 0 Å². The van der Waals surface area contributed by atoms with Crippen LogP contribution < -0.4 is 0 Å². The van der Waals surface area contributed by atoms with Gasteiger partial charge in [-0.25, -0.2) is 0 Å². The smallest absolute Gasteiger partial charge is 0.288 e. The number of rotatable bonds is 12. The molecule has 2 atom stereocenters. The van der Waals surface area contributed by atoms with Gasteiger partial charge in [0.15, 0.2) is 0 Å². The Bertz CT molecular complexity index is 1160. The summed E-state index contributed by atoms with van der Waals surface area (Å²) in [6, 6.07) is 0. The second-order valence-corrected chi connectivity index (χ2v) is 9.03. The first kappa shape index (κ1) is 48.6. The molecule has 0 N–H and O–H groups in total. The standard InChI is InChI=1S/C16F34O/c17-1(18,3(21,22)7(29,30)13(39,40)41)5(25,26)11(37,9(33,34)15(45,46)47)51-12(38,10(35,36)16(48,49)50)6(27,28)2(19,20)4(23,24)8(31,32)14(42,43)44. The maximum atomic E-state index is 14.8. The van der Waals surface area contributed by atoms with Gasteiger partial charge in [-0.05, 0) is 0 Å². The third kappa shape index (κ3) is 5.89. The van der Waals surface area contributed by atoms with E-state index in [0.29, 0.717) is 0 Å². The van der Waals surface area contributed by atoms with Crippen molar-refractivity contribution >= 4 is 0 Å². The van der Waals surface area contributed by atoms with Crippen LogP contribution in [0, 0.1) is 0 Å². The van der Waals surface area contributed by atoms with E-state index in [1.807, 2.05) is 0 Å². The molecule has 0 aliphatic heterocycles. The number of alkyl halides is 34. The SMILES string of the molecule is FC(F)(F)C(F)(F)C(F)(F)C(F)(F)C(F)(F)C(F)(OC(F)(C(F)(F)C(F)(F)F)C(F)(F)C(F)(F)C(F)(F)C(F)(F)C(F)(F)F)C(F)(F)C(F)(F)F. The number of hydrogen-bond acceptors (Lipinski definition) is 1. The Morgan fingerprint density at radius 2 is 0.294 bits per heavy atom. The average molecular weight is 854 g/mol. The van der Waals surface area contributed by atoms with Gasteiger partial charge < -0.3 is 0 Å². The van der Waals surface area contributed by atoms with Crippen LogP contribution in [0.3, 0.4) is 0 Å². The Kier molecular flexibility index (Phi) is 11.0. The fraction of sp³-hybridized carbons (Fsp3) is 1.00. The maximum Gasteiger partial charge on any atom is 0.460 e. The van der Waals surface area contributed by atoms with Crippen molar-refractivity contribution in [1.82, 2.24) is 0 Å². The predicted molar refractivity (Wildman–Crippen MR) is 82.5 cm³/mol. The van der Waals surface area contributed by atoms with Crippen LogP contribution in [0.4, 0.5) is 149 Å². The molecule has 0 rings (SSSR count). The van der Waals surface area contributed by atoms with Gasteiger partial charge in [0.2, 0.25) is 0 Å². The molecule has 2 unspecified atom stereocenters. The molecule has 0 amide bonds. The first-order valence-electron chi connectivity index (χ1n) is 10.3. The van der Waals surface area contributed by atoms with Gasteiger partial charge in [-0.1, -0.05) is 0 Å². The quantitative estimate of drug-likeness (QED) is 0.178. The lowest BCUT2D eigenvalue weighted by Gasteiger charge is -2.50. The molecule has 0 aromatic rings. The Morgan fingerprint density at radius 1 is 0.157 bits per heavy atom. The molecule has 308 valence electrons. The zero-order chi connectivity index (χ0) is 42.7. The second-order valence-electron chi connectivity index (χ2n) is 9.03. The van der Waals surface area contributed by atoms with Crippen molar-refractivity contribution in [1.29, 1.82) is 0 Å². The summed E-state index contributed by atoms with van der Waals surface area (Å²) in [6.45, 7) is 0. The van der Waals surface area contributed by atoms with E-state index in [9.17, 15) is 149 Å². The Hall–Kier alpha value is -2.42. The lowest BCUT2D eigenvalue weighted by atomic mass is 9.87. The van der Waals surface area contributed by atoms with E-state index in [1.54, 1.807) is 0 Å².